The van der Waals surface area contributed by atoms with Crippen LogP contribution in [0.5, 0.6) is 11.5 Å². The molecule has 3 unspecified atom stereocenters. The second kappa shape index (κ2) is 23.1. The van der Waals surface area contributed by atoms with E-state index >= 15 is 0 Å². The molecule has 0 aliphatic carbocycles. The molecule has 1 saturated heterocycles. The number of hydrogen-bond acceptors (Lipinski definition) is 16. The molecule has 2 aliphatic rings. The Morgan fingerprint density at radius 2 is 1.59 bits per heavy atom. The lowest BCUT2D eigenvalue weighted by Crippen LogP contribution is -2.64. The van der Waals surface area contributed by atoms with Crippen molar-refractivity contribution >= 4 is 76.3 Å². The van der Waals surface area contributed by atoms with Crippen LogP contribution in [0.25, 0.3) is 0 Å². The van der Waals surface area contributed by atoms with Gasteiger partial charge < -0.3 is 85.5 Å². The molecule has 1 fully saturated rings. The minimum atomic E-state index is -1.85. The van der Waals surface area contributed by atoms with E-state index < -0.39 is 121 Å². The molecule has 2 heterocycles. The van der Waals surface area contributed by atoms with Gasteiger partial charge in [0.05, 0.1) is 35.3 Å². The molecule has 4 rings (SSSR count). The first-order valence-electron chi connectivity index (χ1n) is 19.2. The topological polar surface area (TPSA) is 399 Å². The average Bonchev–Trinajstić information content (AvgIpc) is 3.24. The van der Waals surface area contributed by atoms with Crippen molar-refractivity contribution in [2.24, 2.45) is 22.2 Å². The van der Waals surface area contributed by atoms with E-state index in [1.807, 2.05) is 0 Å². The summed E-state index contributed by atoms with van der Waals surface area (Å²) >= 11 is 12.0. The van der Waals surface area contributed by atoms with E-state index in [0.29, 0.717) is 24.9 Å². The Morgan fingerprint density at radius 3 is 2.25 bits per heavy atom. The van der Waals surface area contributed by atoms with Gasteiger partial charge in [-0.15, -0.1) is 0 Å². The highest BCUT2D eigenvalue weighted by Gasteiger charge is 2.38. The first kappa shape index (κ1) is 49.2. The number of aromatic hydroxyl groups is 2. The number of nitrogens with zero attached hydrogens (tertiary/aromatic N) is 1. The molecule has 2 aliphatic heterocycles. The SMILES string of the molecule is NCCC[C@H](N)CC(=O)NC1CNC(=O)[C@@H](C2CC(c3ccc(O)c(O)c3)N=C(N)N2)NC(=O)/C(=C/NC(=O)Nc2ccc(Cl)c(Cl)c2)NC(=O)[C@@H](CO)NC(=O)[C@@H](CO)NC1=O. The number of aliphatic imine (C=N–C) groups is 1. The van der Waals surface area contributed by atoms with Gasteiger partial charge in [-0.3, -0.25) is 28.8 Å². The lowest BCUT2D eigenvalue weighted by molar-refractivity contribution is -0.135. The molecule has 19 N–H and O–H groups in total. The number of aliphatic hydroxyl groups excluding tert-OH is 2. The molecule has 26 heteroatoms. The summed E-state index contributed by atoms with van der Waals surface area (Å²) in [4.78, 5) is 99.2. The van der Waals surface area contributed by atoms with Crippen molar-refractivity contribution in [1.82, 2.24) is 42.5 Å². The summed E-state index contributed by atoms with van der Waals surface area (Å²) in [5, 5.41) is 62.0. The summed E-state index contributed by atoms with van der Waals surface area (Å²) in [5.41, 5.74) is 17.5. The second-order valence-electron chi connectivity index (χ2n) is 14.2. The predicted molar refractivity (Wildman–Crippen MR) is 226 cm³/mol. The Balaban J connectivity index is 1.75. The number of nitrogens with one attached hydrogen (secondary N) is 9. The Labute approximate surface area is 369 Å². The van der Waals surface area contributed by atoms with E-state index in [1.165, 1.54) is 36.4 Å². The highest BCUT2D eigenvalue weighted by atomic mass is 35.5. The average molecular weight is 923 g/mol. The van der Waals surface area contributed by atoms with Crippen molar-refractivity contribution in [1.29, 1.82) is 0 Å². The fraction of sp³-hybridized carbons (Fsp3) is 0.405. The third-order valence-corrected chi connectivity index (χ3v) is 10.2. The van der Waals surface area contributed by atoms with Gasteiger partial charge in [-0.1, -0.05) is 29.3 Å². The molecule has 0 bridgehead atoms. The number of carbonyl (C=O) groups is 7. The molecule has 8 amide bonds. The van der Waals surface area contributed by atoms with Crippen LogP contribution in [-0.4, -0.2) is 130 Å². The zero-order chi connectivity index (χ0) is 46.4. The summed E-state index contributed by atoms with van der Waals surface area (Å²) in [6.07, 6.45) is 1.20. The normalized spacial score (nSPS) is 23.7. The van der Waals surface area contributed by atoms with Crippen molar-refractivity contribution in [3.63, 3.8) is 0 Å². The van der Waals surface area contributed by atoms with Crippen LogP contribution in [0.4, 0.5) is 10.5 Å². The maximum absolute atomic E-state index is 14.3. The first-order chi connectivity index (χ1) is 29.9. The van der Waals surface area contributed by atoms with Crippen LogP contribution < -0.4 is 65.1 Å². The number of carbonyl (C=O) groups excluding carboxylic acids is 7. The molecule has 63 heavy (non-hydrogen) atoms. The van der Waals surface area contributed by atoms with Gasteiger partial charge in [-0.2, -0.15) is 0 Å². The molecule has 2 aromatic carbocycles. The number of anilines is 1. The number of benzene rings is 2. The summed E-state index contributed by atoms with van der Waals surface area (Å²) in [6, 6.07) is -2.66. The van der Waals surface area contributed by atoms with Crippen LogP contribution in [0, 0.1) is 0 Å². The van der Waals surface area contributed by atoms with Gasteiger partial charge in [0.15, 0.2) is 17.5 Å². The summed E-state index contributed by atoms with van der Waals surface area (Å²) in [7, 11) is 0. The minimum absolute atomic E-state index is 0.101. The number of halogens is 2. The lowest BCUT2D eigenvalue weighted by atomic mass is 9.93. The Bertz CT molecular complexity index is 2110. The van der Waals surface area contributed by atoms with Crippen LogP contribution in [0.3, 0.4) is 0 Å². The van der Waals surface area contributed by atoms with Gasteiger partial charge in [0, 0.05) is 30.9 Å². The van der Waals surface area contributed by atoms with Crippen molar-refractivity contribution in [3.05, 3.63) is 63.9 Å². The smallest absolute Gasteiger partial charge is 0.323 e. The number of guanidine groups is 1. The number of hydrogen-bond donors (Lipinski definition) is 16. The number of rotatable bonds is 12. The molecule has 342 valence electrons. The van der Waals surface area contributed by atoms with Gasteiger partial charge in [-0.25, -0.2) is 9.79 Å². The third-order valence-electron chi connectivity index (χ3n) is 9.48. The molecule has 0 aromatic heterocycles. The van der Waals surface area contributed by atoms with Gasteiger partial charge in [0.2, 0.25) is 29.5 Å². The number of phenols is 2. The van der Waals surface area contributed by atoms with E-state index in [0.717, 1.165) is 6.20 Å². The van der Waals surface area contributed by atoms with Crippen LogP contribution >= 0.6 is 23.2 Å². The largest absolute Gasteiger partial charge is 0.504 e. The van der Waals surface area contributed by atoms with E-state index in [4.69, 9.17) is 40.4 Å². The number of nitrogens with two attached hydrogens (primary N) is 3. The Kier molecular flexibility index (Phi) is 18.1. The van der Waals surface area contributed by atoms with Crippen LogP contribution in [-0.2, 0) is 28.8 Å². The molecule has 2 aromatic rings. The van der Waals surface area contributed by atoms with Gasteiger partial charge in [0.25, 0.3) is 5.91 Å². The number of phenolic OH excluding ortho intramolecular Hbond substituents is 2. The van der Waals surface area contributed by atoms with Gasteiger partial charge in [0.1, 0.15) is 29.9 Å². The van der Waals surface area contributed by atoms with E-state index in [-0.39, 0.29) is 34.5 Å². The summed E-state index contributed by atoms with van der Waals surface area (Å²) < 4.78 is 0. The molecular formula is C37H49Cl2N13O11. The van der Waals surface area contributed by atoms with Crippen molar-refractivity contribution in [2.45, 2.75) is 68.0 Å². The molecular weight excluding hydrogens is 873 g/mol. The zero-order valence-electron chi connectivity index (χ0n) is 33.3. The minimum Gasteiger partial charge on any atom is -0.504 e. The Hall–Kier alpha value is -6.44. The lowest BCUT2D eigenvalue weighted by Gasteiger charge is -2.34. The highest BCUT2D eigenvalue weighted by molar-refractivity contribution is 6.42. The van der Waals surface area contributed by atoms with Crippen LogP contribution in [0.15, 0.2) is 53.3 Å². The summed E-state index contributed by atoms with van der Waals surface area (Å²) in [6.45, 7) is -2.50. The second-order valence-corrected chi connectivity index (χ2v) is 15.1. The molecule has 24 nitrogen and oxygen atoms in total. The van der Waals surface area contributed by atoms with Gasteiger partial charge in [-0.05, 0) is 61.7 Å². The van der Waals surface area contributed by atoms with Crippen LogP contribution in [0.2, 0.25) is 10.0 Å². The predicted octanol–water partition coefficient (Wildman–Crippen LogP) is -3.59. The highest BCUT2D eigenvalue weighted by Crippen LogP contribution is 2.33. The van der Waals surface area contributed by atoms with Crippen molar-refractivity contribution in [3.8, 4) is 11.5 Å². The van der Waals surface area contributed by atoms with Crippen LogP contribution in [0.1, 0.15) is 37.3 Å². The van der Waals surface area contributed by atoms with Crippen molar-refractivity contribution in [2.75, 3.05) is 31.6 Å². The Morgan fingerprint density at radius 1 is 0.889 bits per heavy atom. The van der Waals surface area contributed by atoms with E-state index in [9.17, 15) is 54.0 Å². The monoisotopic (exact) mass is 921 g/mol. The first-order valence-corrected chi connectivity index (χ1v) is 20.0. The fourth-order valence-electron chi connectivity index (χ4n) is 6.18. The maximum atomic E-state index is 14.3. The molecule has 0 spiro atoms. The van der Waals surface area contributed by atoms with Gasteiger partial charge >= 0.3 is 6.03 Å². The number of aliphatic hydroxyl groups is 2. The molecule has 0 radical (unpaired) electrons. The van der Waals surface area contributed by atoms with E-state index in [2.05, 4.69) is 52.8 Å². The fourth-order valence-corrected chi connectivity index (χ4v) is 6.48. The molecule has 0 saturated carbocycles. The van der Waals surface area contributed by atoms with Crippen molar-refractivity contribution < 1.29 is 54.0 Å². The standard InChI is InChI=1S/C37H49Cl2N13O11/c38-19-5-4-18(10-20(19)39)45-37(63)44-13-24-32(59)52-30(22-11-21(50-36(42)51-22)16-3-6-27(55)28(56)8-16)35(62)43-12-23(46-29(57)9-17(41)2-1-7-40)31(58)48-26(15-54)34(61)49-25(14-53)33(60)47-24/h3-6,8,10,13,17,21-23,25-26,30,53-56H,1-2,7,9,11-12,14-15,40-41H2,(H,43,62)(H,46,57)(H,47,60)(H,48,58)(H,49,61)(H,52,59)(H3,42,50,51)(H2,44,45,63)/b24-13-/t17-,21?,22?,23?,25+,26+,30+/m0/s1. The van der Waals surface area contributed by atoms with E-state index in [1.54, 1.807) is 0 Å². The summed E-state index contributed by atoms with van der Waals surface area (Å²) in [5.74, 6) is -7.64. The number of amides is 8. The maximum Gasteiger partial charge on any atom is 0.323 e. The number of urea groups is 1. The molecule has 7 atom stereocenters. The quantitative estimate of drug-likeness (QED) is 0.0723. The zero-order valence-corrected chi connectivity index (χ0v) is 34.8. The third kappa shape index (κ3) is 14.3.